The van der Waals surface area contributed by atoms with E-state index in [-0.39, 0.29) is 0 Å². The van der Waals surface area contributed by atoms with Crippen LogP contribution in [0.2, 0.25) is 0 Å². The fourth-order valence-corrected chi connectivity index (χ4v) is 1.53. The molecule has 0 aliphatic rings. The van der Waals surface area contributed by atoms with E-state index in [1.54, 1.807) is 0 Å². The summed E-state index contributed by atoms with van der Waals surface area (Å²) in [5.74, 6) is 2.02. The third kappa shape index (κ3) is 3.67. The highest BCUT2D eigenvalue weighted by molar-refractivity contribution is 7.95. The van der Waals surface area contributed by atoms with Crippen molar-refractivity contribution in [3.8, 4) is 5.75 Å². The molecule has 0 bridgehead atoms. The number of hydrogen-bond acceptors (Lipinski definition) is 2. The number of para-hydroxylation sites is 1. The zero-order valence-electron chi connectivity index (χ0n) is 7.32. The van der Waals surface area contributed by atoms with Crippen LogP contribution in [0.3, 0.4) is 0 Å². The van der Waals surface area contributed by atoms with E-state index in [9.17, 15) is 0 Å². The van der Waals surface area contributed by atoms with Crippen LogP contribution in [0.4, 0.5) is 0 Å². The predicted molar refractivity (Wildman–Crippen MR) is 54.4 cm³/mol. The summed E-state index contributed by atoms with van der Waals surface area (Å²) in [6, 6.07) is 9.90. The fourth-order valence-electron chi connectivity index (χ4n) is 0.789. The van der Waals surface area contributed by atoms with Gasteiger partial charge < -0.3 is 4.18 Å². The van der Waals surface area contributed by atoms with Crippen molar-refractivity contribution in [3.05, 3.63) is 30.3 Å². The van der Waals surface area contributed by atoms with Crippen LogP contribution in [0, 0.1) is 0 Å². The molecule has 0 aliphatic carbocycles. The van der Waals surface area contributed by atoms with Crippen molar-refractivity contribution in [2.24, 2.45) is 0 Å². The van der Waals surface area contributed by atoms with E-state index >= 15 is 0 Å². The Morgan fingerprint density at radius 2 is 2.00 bits per heavy atom. The molecule has 1 aromatic rings. The molecule has 0 aromatic heterocycles. The molecule has 2 heteroatoms. The quantitative estimate of drug-likeness (QED) is 0.509. The first kappa shape index (κ1) is 9.46. The third-order valence-electron chi connectivity index (χ3n) is 1.48. The molecular weight excluding hydrogens is 168 g/mol. The van der Waals surface area contributed by atoms with Crippen molar-refractivity contribution >= 4 is 12.0 Å². The Bertz CT molecular complexity index is 198. The van der Waals surface area contributed by atoms with E-state index < -0.39 is 0 Å². The number of hydrogen-bond donors (Lipinski definition) is 0. The summed E-state index contributed by atoms with van der Waals surface area (Å²) in [4.78, 5) is 0. The van der Waals surface area contributed by atoms with Crippen LogP contribution in [0.5, 0.6) is 5.75 Å². The second-order valence-corrected chi connectivity index (χ2v) is 3.38. The first-order valence-corrected chi connectivity index (χ1v) is 5.19. The van der Waals surface area contributed by atoms with Crippen LogP contribution in [0.1, 0.15) is 19.8 Å². The van der Waals surface area contributed by atoms with Gasteiger partial charge in [0.2, 0.25) is 0 Å². The SMILES string of the molecule is CCCCSOc1ccccc1. The van der Waals surface area contributed by atoms with Crippen molar-refractivity contribution in [3.63, 3.8) is 0 Å². The summed E-state index contributed by atoms with van der Waals surface area (Å²) >= 11 is 1.53. The van der Waals surface area contributed by atoms with Crippen molar-refractivity contribution in [2.75, 3.05) is 5.75 Å². The normalized spacial score (nSPS) is 9.75. The van der Waals surface area contributed by atoms with Gasteiger partial charge in [-0.3, -0.25) is 0 Å². The summed E-state index contributed by atoms with van der Waals surface area (Å²) in [5, 5.41) is 0. The molecule has 0 N–H and O–H groups in total. The first-order valence-electron chi connectivity index (χ1n) is 4.28. The molecule has 0 amide bonds. The fraction of sp³-hybridized carbons (Fsp3) is 0.400. The van der Waals surface area contributed by atoms with Gasteiger partial charge in [-0.1, -0.05) is 31.5 Å². The molecular formula is C10H14OS. The van der Waals surface area contributed by atoms with Gasteiger partial charge in [-0.2, -0.15) is 0 Å². The maximum absolute atomic E-state index is 5.42. The molecule has 0 heterocycles. The Kier molecular flexibility index (Phi) is 4.69. The molecule has 66 valence electrons. The molecule has 0 atom stereocenters. The van der Waals surface area contributed by atoms with Gasteiger partial charge in [0.05, 0.1) is 12.0 Å². The summed E-state index contributed by atoms with van der Waals surface area (Å²) in [7, 11) is 0. The second-order valence-electron chi connectivity index (χ2n) is 2.57. The highest BCUT2D eigenvalue weighted by Gasteiger charge is 1.91. The summed E-state index contributed by atoms with van der Waals surface area (Å²) in [6.45, 7) is 2.18. The Balaban J connectivity index is 2.16. The molecule has 0 unspecified atom stereocenters. The Morgan fingerprint density at radius 3 is 2.67 bits per heavy atom. The lowest BCUT2D eigenvalue weighted by atomic mass is 10.3. The van der Waals surface area contributed by atoms with Gasteiger partial charge in [-0.15, -0.1) is 0 Å². The zero-order valence-corrected chi connectivity index (χ0v) is 8.14. The molecule has 0 spiro atoms. The maximum atomic E-state index is 5.42. The molecule has 1 aromatic carbocycles. The van der Waals surface area contributed by atoms with Crippen LogP contribution in [-0.4, -0.2) is 5.75 Å². The molecule has 0 fully saturated rings. The van der Waals surface area contributed by atoms with Gasteiger partial charge >= 0.3 is 0 Å². The average Bonchev–Trinajstić information content (AvgIpc) is 2.14. The van der Waals surface area contributed by atoms with Gasteiger partial charge in [-0.05, 0) is 18.6 Å². The Labute approximate surface area is 78.3 Å². The van der Waals surface area contributed by atoms with Gasteiger partial charge in [0, 0.05) is 5.75 Å². The maximum Gasteiger partial charge on any atom is 0.137 e. The third-order valence-corrected chi connectivity index (χ3v) is 2.25. The molecule has 0 saturated heterocycles. The summed E-state index contributed by atoms with van der Waals surface area (Å²) in [6.07, 6.45) is 2.45. The van der Waals surface area contributed by atoms with E-state index in [0.29, 0.717) is 0 Å². The highest BCUT2D eigenvalue weighted by Crippen LogP contribution is 2.15. The van der Waals surface area contributed by atoms with Crippen LogP contribution in [-0.2, 0) is 0 Å². The smallest absolute Gasteiger partial charge is 0.137 e. The van der Waals surface area contributed by atoms with Crippen LogP contribution >= 0.6 is 12.0 Å². The van der Waals surface area contributed by atoms with Crippen LogP contribution in [0.15, 0.2) is 30.3 Å². The topological polar surface area (TPSA) is 9.23 Å². The molecule has 1 nitrogen and oxygen atoms in total. The van der Waals surface area contributed by atoms with Crippen molar-refractivity contribution in [1.82, 2.24) is 0 Å². The zero-order chi connectivity index (χ0) is 8.65. The van der Waals surface area contributed by atoms with Gasteiger partial charge in [0.15, 0.2) is 0 Å². The van der Waals surface area contributed by atoms with E-state index in [4.69, 9.17) is 4.18 Å². The van der Waals surface area contributed by atoms with Crippen LogP contribution in [0.25, 0.3) is 0 Å². The highest BCUT2D eigenvalue weighted by atomic mass is 32.2. The van der Waals surface area contributed by atoms with Crippen molar-refractivity contribution in [1.29, 1.82) is 0 Å². The Hall–Kier alpha value is -0.630. The number of unbranched alkanes of at least 4 members (excludes halogenated alkanes) is 1. The monoisotopic (exact) mass is 182 g/mol. The van der Waals surface area contributed by atoms with Crippen molar-refractivity contribution in [2.45, 2.75) is 19.8 Å². The summed E-state index contributed by atoms with van der Waals surface area (Å²) in [5.41, 5.74) is 0. The summed E-state index contributed by atoms with van der Waals surface area (Å²) < 4.78 is 5.42. The largest absolute Gasteiger partial charge is 0.426 e. The van der Waals surface area contributed by atoms with E-state index in [2.05, 4.69) is 6.92 Å². The molecule has 0 radical (unpaired) electrons. The number of rotatable bonds is 5. The minimum Gasteiger partial charge on any atom is -0.426 e. The van der Waals surface area contributed by atoms with Crippen LogP contribution < -0.4 is 4.18 Å². The van der Waals surface area contributed by atoms with E-state index in [0.717, 1.165) is 11.5 Å². The minimum absolute atomic E-state index is 0.943. The average molecular weight is 182 g/mol. The standard InChI is InChI=1S/C10H14OS/c1-2-3-9-12-11-10-7-5-4-6-8-10/h4-8H,2-3,9H2,1H3. The minimum atomic E-state index is 0.943. The Morgan fingerprint density at radius 1 is 1.25 bits per heavy atom. The van der Waals surface area contributed by atoms with Gasteiger partial charge in [0.1, 0.15) is 5.75 Å². The molecule has 0 saturated carbocycles. The molecule has 12 heavy (non-hydrogen) atoms. The van der Waals surface area contributed by atoms with E-state index in [1.807, 2.05) is 30.3 Å². The van der Waals surface area contributed by atoms with Gasteiger partial charge in [0.25, 0.3) is 0 Å². The second kappa shape index (κ2) is 5.95. The lowest BCUT2D eigenvalue weighted by Crippen LogP contribution is -1.84. The lowest BCUT2D eigenvalue weighted by Gasteiger charge is -2.01. The molecule has 0 aliphatic heterocycles. The number of benzene rings is 1. The predicted octanol–water partition coefficient (Wildman–Crippen LogP) is 3.51. The first-order chi connectivity index (χ1) is 5.93. The molecule has 1 rings (SSSR count). The van der Waals surface area contributed by atoms with Crippen molar-refractivity contribution < 1.29 is 4.18 Å². The lowest BCUT2D eigenvalue weighted by molar-refractivity contribution is 0.643. The van der Waals surface area contributed by atoms with E-state index in [1.165, 1.54) is 24.9 Å². The van der Waals surface area contributed by atoms with Gasteiger partial charge in [-0.25, -0.2) is 0 Å².